The van der Waals surface area contributed by atoms with Crippen molar-refractivity contribution in [2.75, 3.05) is 0 Å². The molecule has 18 heavy (non-hydrogen) atoms. The molecule has 0 fully saturated rings. The maximum Gasteiger partial charge on any atom is 0.527 e. The number of hydrogen-bond donors (Lipinski definition) is 0. The smallest absolute Gasteiger partial charge is 0.221 e. The molecule has 0 radical (unpaired) electrons. The van der Waals surface area contributed by atoms with Crippen molar-refractivity contribution in [3.05, 3.63) is 34.3 Å². The zero-order valence-electron chi connectivity index (χ0n) is 8.24. The number of halogens is 8. The largest absolute Gasteiger partial charge is 0.527 e. The molecule has 1 aromatic carbocycles. The Hall–Kier alpha value is -0.830. The van der Waals surface area contributed by atoms with E-state index in [4.69, 9.17) is 0 Å². The molecule has 0 atom stereocenters. The third-order valence-electron chi connectivity index (χ3n) is 1.80. The SMILES string of the molecule is FC(F)(F)OC(F)(F)C(F)(F)c1cccc(Br)c1. The summed E-state index contributed by atoms with van der Waals surface area (Å²) in [5.74, 6) is -5.12. The molecule has 0 aliphatic rings. The summed E-state index contributed by atoms with van der Waals surface area (Å²) in [4.78, 5) is 0. The Morgan fingerprint density at radius 2 is 1.50 bits per heavy atom. The van der Waals surface area contributed by atoms with Crippen LogP contribution in [0.1, 0.15) is 5.56 Å². The molecule has 0 N–H and O–H groups in total. The Bertz CT molecular complexity index is 429. The fourth-order valence-corrected chi connectivity index (χ4v) is 1.46. The number of ether oxygens (including phenoxy) is 1. The van der Waals surface area contributed by atoms with Gasteiger partial charge in [-0.3, -0.25) is 0 Å². The minimum atomic E-state index is -5.88. The molecule has 1 aromatic rings. The van der Waals surface area contributed by atoms with Crippen LogP contribution >= 0.6 is 15.9 Å². The Balaban J connectivity index is 3.12. The minimum absolute atomic E-state index is 0.0162. The van der Waals surface area contributed by atoms with Crippen molar-refractivity contribution in [1.29, 1.82) is 0 Å². The molecule has 1 rings (SSSR count). The zero-order valence-corrected chi connectivity index (χ0v) is 9.83. The van der Waals surface area contributed by atoms with Crippen molar-refractivity contribution in [2.45, 2.75) is 18.4 Å². The van der Waals surface area contributed by atoms with Gasteiger partial charge in [-0.15, -0.1) is 13.2 Å². The van der Waals surface area contributed by atoms with Crippen LogP contribution in [0.2, 0.25) is 0 Å². The van der Waals surface area contributed by atoms with Crippen LogP contribution < -0.4 is 0 Å². The second-order valence-electron chi connectivity index (χ2n) is 3.15. The van der Waals surface area contributed by atoms with Crippen molar-refractivity contribution in [3.63, 3.8) is 0 Å². The zero-order chi connectivity index (χ0) is 14.2. The first-order valence-electron chi connectivity index (χ1n) is 4.24. The molecule has 0 saturated carbocycles. The molecule has 102 valence electrons. The van der Waals surface area contributed by atoms with Crippen molar-refractivity contribution in [2.24, 2.45) is 0 Å². The molecular formula is C9H4BrF7O. The Labute approximate surface area is 105 Å². The molecule has 1 nitrogen and oxygen atoms in total. The summed E-state index contributed by atoms with van der Waals surface area (Å²) in [6.45, 7) is 0. The normalized spacial score (nSPS) is 13.8. The molecule has 0 aliphatic carbocycles. The van der Waals surface area contributed by atoms with Gasteiger partial charge in [0, 0.05) is 10.0 Å². The molecule has 0 aliphatic heterocycles. The van der Waals surface area contributed by atoms with Crippen molar-refractivity contribution < 1.29 is 35.5 Å². The number of alkyl halides is 7. The number of benzene rings is 1. The van der Waals surface area contributed by atoms with Crippen LogP contribution in [0.4, 0.5) is 30.7 Å². The molecular weight excluding hydrogens is 337 g/mol. The summed E-state index contributed by atoms with van der Waals surface area (Å²) in [6, 6.07) is 3.38. The topological polar surface area (TPSA) is 9.23 Å². The molecule has 0 heterocycles. The predicted molar refractivity (Wildman–Crippen MR) is 50.1 cm³/mol. The molecule has 0 spiro atoms. The van der Waals surface area contributed by atoms with Gasteiger partial charge in [-0.1, -0.05) is 28.1 Å². The first-order valence-corrected chi connectivity index (χ1v) is 5.03. The van der Waals surface area contributed by atoms with Crippen LogP contribution in [-0.4, -0.2) is 12.5 Å². The van der Waals surface area contributed by atoms with Gasteiger partial charge in [0.1, 0.15) is 0 Å². The van der Waals surface area contributed by atoms with E-state index in [9.17, 15) is 30.7 Å². The van der Waals surface area contributed by atoms with Crippen LogP contribution in [0.15, 0.2) is 28.7 Å². The molecule has 0 bridgehead atoms. The highest BCUT2D eigenvalue weighted by Gasteiger charge is 2.63. The van der Waals surface area contributed by atoms with Crippen molar-refractivity contribution in [1.82, 2.24) is 0 Å². The summed E-state index contributed by atoms with van der Waals surface area (Å²) in [5.41, 5.74) is -1.30. The van der Waals surface area contributed by atoms with Gasteiger partial charge >= 0.3 is 18.4 Å². The van der Waals surface area contributed by atoms with Crippen molar-refractivity contribution in [3.8, 4) is 0 Å². The molecule has 0 saturated heterocycles. The highest BCUT2D eigenvalue weighted by Crippen LogP contribution is 2.46. The van der Waals surface area contributed by atoms with Gasteiger partial charge in [0.05, 0.1) is 0 Å². The lowest BCUT2D eigenvalue weighted by Gasteiger charge is -2.27. The van der Waals surface area contributed by atoms with Gasteiger partial charge in [0.2, 0.25) is 0 Å². The van der Waals surface area contributed by atoms with Crippen LogP contribution in [-0.2, 0) is 10.7 Å². The van der Waals surface area contributed by atoms with E-state index in [0.29, 0.717) is 12.1 Å². The van der Waals surface area contributed by atoms with Crippen LogP contribution in [0.25, 0.3) is 0 Å². The standard InChI is InChI=1S/C9H4BrF7O/c10-6-3-1-2-5(4-6)7(11,12)8(13,14)18-9(15,16)17/h1-4H. The maximum absolute atomic E-state index is 13.2. The summed E-state index contributed by atoms with van der Waals surface area (Å²) < 4.78 is 89.2. The van der Waals surface area contributed by atoms with Gasteiger partial charge in [0.25, 0.3) is 0 Å². The average Bonchev–Trinajstić information content (AvgIpc) is 2.13. The second-order valence-corrected chi connectivity index (χ2v) is 4.06. The molecule has 0 aromatic heterocycles. The monoisotopic (exact) mass is 340 g/mol. The Morgan fingerprint density at radius 1 is 0.944 bits per heavy atom. The van der Waals surface area contributed by atoms with E-state index >= 15 is 0 Å². The van der Waals surface area contributed by atoms with Crippen molar-refractivity contribution >= 4 is 15.9 Å². The fraction of sp³-hybridized carbons (Fsp3) is 0.333. The fourth-order valence-electron chi connectivity index (χ4n) is 1.06. The quantitative estimate of drug-likeness (QED) is 0.726. The average molecular weight is 341 g/mol. The highest BCUT2D eigenvalue weighted by molar-refractivity contribution is 9.10. The summed E-state index contributed by atoms with van der Waals surface area (Å²) in [6.07, 6.45) is -11.6. The maximum atomic E-state index is 13.2. The van der Waals surface area contributed by atoms with E-state index in [0.717, 1.165) is 6.07 Å². The van der Waals surface area contributed by atoms with E-state index in [1.165, 1.54) is 6.07 Å². The van der Waals surface area contributed by atoms with E-state index in [-0.39, 0.29) is 4.47 Å². The number of hydrogen-bond acceptors (Lipinski definition) is 1. The molecule has 0 amide bonds. The Morgan fingerprint density at radius 3 is 1.94 bits per heavy atom. The van der Waals surface area contributed by atoms with Crippen LogP contribution in [0.5, 0.6) is 0 Å². The summed E-state index contributed by atoms with van der Waals surface area (Å²) in [7, 11) is 0. The summed E-state index contributed by atoms with van der Waals surface area (Å²) >= 11 is 2.74. The molecule has 9 heteroatoms. The van der Waals surface area contributed by atoms with Gasteiger partial charge in [0.15, 0.2) is 0 Å². The summed E-state index contributed by atoms with van der Waals surface area (Å²) in [5, 5.41) is 0. The minimum Gasteiger partial charge on any atom is -0.221 e. The lowest BCUT2D eigenvalue weighted by Crippen LogP contribution is -2.44. The van der Waals surface area contributed by atoms with Gasteiger partial charge in [-0.05, 0) is 12.1 Å². The third kappa shape index (κ3) is 3.35. The van der Waals surface area contributed by atoms with Gasteiger partial charge in [-0.2, -0.15) is 17.6 Å². The molecule has 0 unspecified atom stereocenters. The third-order valence-corrected chi connectivity index (χ3v) is 2.29. The van der Waals surface area contributed by atoms with Gasteiger partial charge < -0.3 is 0 Å². The first-order chi connectivity index (χ1) is 7.96. The second kappa shape index (κ2) is 4.69. The van der Waals surface area contributed by atoms with Gasteiger partial charge in [-0.25, -0.2) is 4.74 Å². The van der Waals surface area contributed by atoms with Crippen LogP contribution in [0, 0.1) is 0 Å². The predicted octanol–water partition coefficient (Wildman–Crippen LogP) is 4.67. The van der Waals surface area contributed by atoms with Crippen LogP contribution in [0.3, 0.4) is 0 Å². The van der Waals surface area contributed by atoms with E-state index in [1.54, 1.807) is 0 Å². The lowest BCUT2D eigenvalue weighted by molar-refractivity contribution is -0.469. The van der Waals surface area contributed by atoms with E-state index < -0.39 is 24.0 Å². The number of rotatable bonds is 3. The lowest BCUT2D eigenvalue weighted by atomic mass is 10.1. The van der Waals surface area contributed by atoms with E-state index in [1.807, 2.05) is 0 Å². The Kier molecular flexibility index (Phi) is 3.97. The van der Waals surface area contributed by atoms with E-state index in [2.05, 4.69) is 20.7 Å². The highest BCUT2D eigenvalue weighted by atomic mass is 79.9. The first kappa shape index (κ1) is 15.2.